The van der Waals surface area contributed by atoms with Crippen LogP contribution in [0.4, 0.5) is 0 Å². The van der Waals surface area contributed by atoms with E-state index in [1.165, 1.54) is 0 Å². The molecule has 12 N–H and O–H groups in total. The fourth-order valence-electron chi connectivity index (χ4n) is 3.08. The predicted octanol–water partition coefficient (Wildman–Crippen LogP) is -5.72. The number of ether oxygens (including phenoxy) is 2. The van der Waals surface area contributed by atoms with Crippen LogP contribution in [0.5, 0.6) is 0 Å². The lowest BCUT2D eigenvalue weighted by atomic mass is 9.84. The third-order valence-electron chi connectivity index (χ3n) is 4.64. The first-order valence-corrected chi connectivity index (χ1v) is 7.77. The van der Waals surface area contributed by atoms with Crippen LogP contribution in [-0.2, 0) is 9.47 Å². The molecule has 11 heteroatoms. The normalized spacial score (nSPS) is 51.4. The first-order chi connectivity index (χ1) is 11.2. The zero-order chi connectivity index (χ0) is 18.2. The molecule has 11 nitrogen and oxygen atoms in total. The lowest BCUT2D eigenvalue weighted by Gasteiger charge is -2.46. The molecule has 0 spiro atoms. The summed E-state index contributed by atoms with van der Waals surface area (Å²) >= 11 is 0. The van der Waals surface area contributed by atoms with Gasteiger partial charge >= 0.3 is 0 Å². The van der Waals surface area contributed by atoms with E-state index in [-0.39, 0.29) is 6.42 Å². The van der Waals surface area contributed by atoms with Crippen molar-refractivity contribution in [3.05, 3.63) is 0 Å². The fraction of sp³-hybridized carbons (Fsp3) is 1.00. The molecule has 0 aromatic heterocycles. The van der Waals surface area contributed by atoms with Crippen molar-refractivity contribution in [3.63, 3.8) is 0 Å². The monoisotopic (exact) mass is 353 g/mol. The summed E-state index contributed by atoms with van der Waals surface area (Å²) in [5.41, 5.74) is 17.3. The maximum Gasteiger partial charge on any atom is 0.176 e. The van der Waals surface area contributed by atoms with Gasteiger partial charge in [0.25, 0.3) is 0 Å². The van der Waals surface area contributed by atoms with Crippen molar-refractivity contribution < 1.29 is 40.1 Å². The second kappa shape index (κ2) is 7.85. The van der Waals surface area contributed by atoms with Crippen LogP contribution < -0.4 is 17.2 Å². The van der Waals surface area contributed by atoms with E-state index in [1.54, 1.807) is 0 Å². The molecule has 24 heavy (non-hydrogen) atoms. The molecule has 1 aliphatic carbocycles. The molecular formula is C13H27N3O8. The number of hydrogen-bond donors (Lipinski definition) is 9. The Morgan fingerprint density at radius 1 is 0.958 bits per heavy atom. The lowest BCUT2D eigenvalue weighted by molar-refractivity contribution is -0.303. The molecule has 2 fully saturated rings. The number of hydrogen-bond acceptors (Lipinski definition) is 11. The first-order valence-electron chi connectivity index (χ1n) is 7.77. The number of nitrogens with two attached hydrogens (primary N) is 3. The second-order valence-electron chi connectivity index (χ2n) is 6.42. The molecular weight excluding hydrogens is 326 g/mol. The highest BCUT2D eigenvalue weighted by Crippen LogP contribution is 2.28. The van der Waals surface area contributed by atoms with Crippen LogP contribution in [0.2, 0.25) is 0 Å². The molecule has 1 saturated heterocycles. The van der Waals surface area contributed by atoms with Crippen LogP contribution in [0.3, 0.4) is 0 Å². The maximum absolute atomic E-state index is 10.1. The molecule has 11 atom stereocenters. The van der Waals surface area contributed by atoms with E-state index in [0.29, 0.717) is 0 Å². The lowest BCUT2D eigenvalue weighted by Crippen LogP contribution is -2.68. The third-order valence-corrected chi connectivity index (χ3v) is 4.64. The summed E-state index contributed by atoms with van der Waals surface area (Å²) in [6.07, 6.45) is -10.7. The fourth-order valence-corrected chi connectivity index (χ4v) is 3.08. The molecule has 0 bridgehead atoms. The molecule has 0 aromatic rings. The molecule has 1 heterocycles. The Hall–Kier alpha value is -0.440. The Kier molecular flexibility index (Phi) is 6.50. The van der Waals surface area contributed by atoms with Gasteiger partial charge in [0, 0.05) is 12.1 Å². The highest BCUT2D eigenvalue weighted by atomic mass is 16.7. The topological polar surface area (TPSA) is 218 Å². The zero-order valence-electron chi connectivity index (χ0n) is 13.0. The van der Waals surface area contributed by atoms with Crippen molar-refractivity contribution in [2.24, 2.45) is 17.2 Å². The molecule has 2 aliphatic rings. The van der Waals surface area contributed by atoms with Crippen molar-refractivity contribution in [1.82, 2.24) is 0 Å². The van der Waals surface area contributed by atoms with Crippen molar-refractivity contribution >= 4 is 0 Å². The van der Waals surface area contributed by atoms with E-state index in [2.05, 4.69) is 0 Å². The predicted molar refractivity (Wildman–Crippen MR) is 79.2 cm³/mol. The smallest absolute Gasteiger partial charge is 0.176 e. The van der Waals surface area contributed by atoms with E-state index in [1.807, 2.05) is 0 Å². The van der Waals surface area contributed by atoms with Crippen molar-refractivity contribution in [2.45, 2.75) is 73.6 Å². The maximum atomic E-state index is 10.1. The van der Waals surface area contributed by atoms with E-state index >= 15 is 0 Å². The summed E-state index contributed by atoms with van der Waals surface area (Å²) in [5, 5.41) is 58.6. The van der Waals surface area contributed by atoms with Crippen LogP contribution >= 0.6 is 0 Å². The van der Waals surface area contributed by atoms with Gasteiger partial charge in [-0.15, -0.1) is 0 Å². The summed E-state index contributed by atoms with van der Waals surface area (Å²) < 4.78 is 10.9. The number of aliphatic hydroxyl groups excluding tert-OH is 6. The molecule has 0 amide bonds. The standard InChI is InChI=1S/C13H27N3O8/c14-3-1-4(15)11(9(21)7(3)19)23-13-6(16)8(20)10(22)12(24-13)5(18)2-17/h3-13,17-22H,1-2,14-16H2/t3-,4+,5?,6+,7+,8+,9-,10-,11-,12+,13-/m0/s1. The van der Waals surface area contributed by atoms with Crippen molar-refractivity contribution in [2.75, 3.05) is 6.61 Å². The quantitative estimate of drug-likeness (QED) is 0.232. The molecule has 1 aliphatic heterocycles. The third kappa shape index (κ3) is 3.71. The van der Waals surface area contributed by atoms with Gasteiger partial charge < -0.3 is 57.3 Å². The Labute approximate surface area is 138 Å². The zero-order valence-corrected chi connectivity index (χ0v) is 13.0. The summed E-state index contributed by atoms with van der Waals surface area (Å²) in [4.78, 5) is 0. The van der Waals surface area contributed by atoms with Crippen molar-refractivity contribution in [3.8, 4) is 0 Å². The molecule has 2 rings (SSSR count). The average Bonchev–Trinajstić information content (AvgIpc) is 2.55. The Morgan fingerprint density at radius 2 is 1.58 bits per heavy atom. The SMILES string of the molecule is N[C@H]1[C@@H](O[C@@H]2[C@@H](O)[C@H](O)[C@@H](N)C[C@H]2N)O[C@H](C(O)CO)[C@@H](O)[C@@H]1O. The number of aliphatic hydroxyl groups is 6. The van der Waals surface area contributed by atoms with Gasteiger partial charge in [-0.05, 0) is 6.42 Å². The summed E-state index contributed by atoms with van der Waals surface area (Å²) in [5.74, 6) is 0. The first kappa shape index (κ1) is 19.9. The molecule has 0 aromatic carbocycles. The minimum absolute atomic E-state index is 0.179. The molecule has 1 unspecified atom stereocenters. The van der Waals surface area contributed by atoms with Gasteiger partial charge in [0.1, 0.15) is 36.6 Å². The van der Waals surface area contributed by atoms with E-state index in [9.17, 15) is 25.5 Å². The highest BCUT2D eigenvalue weighted by molar-refractivity contribution is 5.00. The van der Waals surface area contributed by atoms with Gasteiger partial charge in [0.15, 0.2) is 6.29 Å². The van der Waals surface area contributed by atoms with Crippen LogP contribution in [0, 0.1) is 0 Å². The van der Waals surface area contributed by atoms with Gasteiger partial charge in [-0.2, -0.15) is 0 Å². The van der Waals surface area contributed by atoms with Crippen LogP contribution in [0.15, 0.2) is 0 Å². The van der Waals surface area contributed by atoms with Crippen LogP contribution in [0.1, 0.15) is 6.42 Å². The molecule has 142 valence electrons. The van der Waals surface area contributed by atoms with Gasteiger partial charge in [-0.25, -0.2) is 0 Å². The summed E-state index contributed by atoms with van der Waals surface area (Å²) in [6.45, 7) is -0.713. The average molecular weight is 353 g/mol. The van der Waals surface area contributed by atoms with E-state index in [4.69, 9.17) is 31.8 Å². The van der Waals surface area contributed by atoms with Gasteiger partial charge in [-0.1, -0.05) is 0 Å². The van der Waals surface area contributed by atoms with E-state index < -0.39 is 73.8 Å². The van der Waals surface area contributed by atoms with Crippen LogP contribution in [-0.4, -0.2) is 104 Å². The minimum atomic E-state index is -1.54. The van der Waals surface area contributed by atoms with Crippen molar-refractivity contribution in [1.29, 1.82) is 0 Å². The Balaban J connectivity index is 2.12. The van der Waals surface area contributed by atoms with Gasteiger partial charge in [0.05, 0.1) is 18.8 Å². The number of rotatable bonds is 4. The van der Waals surface area contributed by atoms with E-state index in [0.717, 1.165) is 0 Å². The van der Waals surface area contributed by atoms with Gasteiger partial charge in [0.2, 0.25) is 0 Å². The highest BCUT2D eigenvalue weighted by Gasteiger charge is 2.49. The summed E-state index contributed by atoms with van der Waals surface area (Å²) in [7, 11) is 0. The Morgan fingerprint density at radius 3 is 2.17 bits per heavy atom. The Bertz CT molecular complexity index is 419. The molecule has 0 radical (unpaired) electrons. The van der Waals surface area contributed by atoms with Crippen LogP contribution in [0.25, 0.3) is 0 Å². The molecule has 1 saturated carbocycles. The minimum Gasteiger partial charge on any atom is -0.394 e. The van der Waals surface area contributed by atoms with Gasteiger partial charge in [-0.3, -0.25) is 0 Å². The summed E-state index contributed by atoms with van der Waals surface area (Å²) in [6, 6.07) is -2.64. The largest absolute Gasteiger partial charge is 0.394 e. The second-order valence-corrected chi connectivity index (χ2v) is 6.42.